The van der Waals surface area contributed by atoms with Crippen LogP contribution >= 0.6 is 11.6 Å². The molecule has 2 aromatic rings. The van der Waals surface area contributed by atoms with Crippen LogP contribution in [0.1, 0.15) is 16.1 Å². The van der Waals surface area contributed by atoms with Gasteiger partial charge in [0.25, 0.3) is 0 Å². The van der Waals surface area contributed by atoms with Gasteiger partial charge in [-0.05, 0) is 19.1 Å². The molecule has 0 amide bonds. The topological polar surface area (TPSA) is 44.1 Å². The fourth-order valence-electron chi connectivity index (χ4n) is 1.54. The lowest BCUT2D eigenvalue weighted by molar-refractivity contribution is 0.112. The first-order valence-corrected chi connectivity index (χ1v) is 5.42. The molecule has 4 nitrogen and oxygen atoms in total. The van der Waals surface area contributed by atoms with Crippen LogP contribution in [-0.4, -0.2) is 16.1 Å². The van der Waals surface area contributed by atoms with Crippen molar-refractivity contribution in [2.45, 2.75) is 6.92 Å². The zero-order chi connectivity index (χ0) is 12.4. The summed E-state index contributed by atoms with van der Waals surface area (Å²) in [6.45, 7) is 1.75. The van der Waals surface area contributed by atoms with Crippen LogP contribution in [0.15, 0.2) is 24.3 Å². The fourth-order valence-corrected chi connectivity index (χ4v) is 1.72. The Kier molecular flexibility index (Phi) is 3.15. The molecule has 0 bridgehead atoms. The Morgan fingerprint density at radius 3 is 2.76 bits per heavy atom. The van der Waals surface area contributed by atoms with Crippen molar-refractivity contribution in [3.05, 3.63) is 40.5 Å². The maximum Gasteiger partial charge on any atom is 0.228 e. The molecule has 5 heteroatoms. The molecule has 0 saturated heterocycles. The van der Waals surface area contributed by atoms with Gasteiger partial charge in [0.15, 0.2) is 6.29 Å². The number of carbonyl (C=O) groups is 1. The van der Waals surface area contributed by atoms with Gasteiger partial charge in [0.05, 0.1) is 16.3 Å². The summed E-state index contributed by atoms with van der Waals surface area (Å²) in [5.41, 5.74) is 1.07. The van der Waals surface area contributed by atoms with E-state index in [2.05, 4.69) is 5.10 Å². The second-order valence-corrected chi connectivity index (χ2v) is 3.99. The summed E-state index contributed by atoms with van der Waals surface area (Å²) in [6.07, 6.45) is 0.731. The number of halogens is 1. The van der Waals surface area contributed by atoms with Gasteiger partial charge in [0, 0.05) is 7.05 Å². The van der Waals surface area contributed by atoms with Crippen LogP contribution in [0, 0.1) is 6.92 Å². The molecule has 0 aliphatic heterocycles. The molecular formula is C12H11ClN2O2. The van der Waals surface area contributed by atoms with Crippen molar-refractivity contribution in [2.75, 3.05) is 0 Å². The lowest BCUT2D eigenvalue weighted by atomic mass is 10.3. The first-order chi connectivity index (χ1) is 8.13. The van der Waals surface area contributed by atoms with Gasteiger partial charge >= 0.3 is 0 Å². The predicted molar refractivity (Wildman–Crippen MR) is 64.9 cm³/mol. The van der Waals surface area contributed by atoms with Crippen molar-refractivity contribution in [3.8, 4) is 11.6 Å². The van der Waals surface area contributed by atoms with E-state index in [4.69, 9.17) is 16.3 Å². The Hall–Kier alpha value is -1.81. The molecule has 0 unspecified atom stereocenters. The van der Waals surface area contributed by atoms with Gasteiger partial charge in [-0.3, -0.25) is 4.79 Å². The number of hydrogen-bond acceptors (Lipinski definition) is 3. The highest BCUT2D eigenvalue weighted by atomic mass is 35.5. The Morgan fingerprint density at radius 1 is 1.41 bits per heavy atom. The molecule has 0 saturated carbocycles. The van der Waals surface area contributed by atoms with Gasteiger partial charge in [0.1, 0.15) is 5.75 Å². The zero-order valence-electron chi connectivity index (χ0n) is 9.48. The van der Waals surface area contributed by atoms with Crippen LogP contribution in [0.3, 0.4) is 0 Å². The second kappa shape index (κ2) is 4.59. The smallest absolute Gasteiger partial charge is 0.228 e. The number of rotatable bonds is 3. The van der Waals surface area contributed by atoms with E-state index in [1.807, 2.05) is 12.1 Å². The molecule has 0 radical (unpaired) electrons. The van der Waals surface area contributed by atoms with Gasteiger partial charge in [-0.2, -0.15) is 5.10 Å². The van der Waals surface area contributed by atoms with Crippen molar-refractivity contribution in [1.82, 2.24) is 9.78 Å². The van der Waals surface area contributed by atoms with E-state index in [1.54, 1.807) is 26.1 Å². The van der Waals surface area contributed by atoms with E-state index >= 15 is 0 Å². The maximum absolute atomic E-state index is 11.0. The number of para-hydroxylation sites is 1. The van der Waals surface area contributed by atoms with Crippen LogP contribution < -0.4 is 4.74 Å². The van der Waals surface area contributed by atoms with Gasteiger partial charge in [-0.25, -0.2) is 4.68 Å². The summed E-state index contributed by atoms with van der Waals surface area (Å²) in [6, 6.07) is 7.08. The molecule has 88 valence electrons. The Bertz CT molecular complexity index is 564. The van der Waals surface area contributed by atoms with Crippen LogP contribution in [0.2, 0.25) is 5.02 Å². The number of nitrogens with zero attached hydrogens (tertiary/aromatic N) is 2. The first kappa shape index (κ1) is 11.7. The van der Waals surface area contributed by atoms with Gasteiger partial charge < -0.3 is 4.74 Å². The number of benzene rings is 1. The molecule has 0 fully saturated rings. The minimum atomic E-state index is 0.394. The number of aldehydes is 1. The Morgan fingerprint density at radius 2 is 2.12 bits per heavy atom. The SMILES string of the molecule is Cc1nn(C)c(Oc2ccccc2Cl)c1C=O. The summed E-state index contributed by atoms with van der Waals surface area (Å²) in [5, 5.41) is 4.61. The average Bonchev–Trinajstić information content (AvgIpc) is 2.56. The minimum absolute atomic E-state index is 0.394. The highest BCUT2D eigenvalue weighted by Crippen LogP contribution is 2.30. The van der Waals surface area contributed by atoms with E-state index < -0.39 is 0 Å². The summed E-state index contributed by atoms with van der Waals surface area (Å²) in [7, 11) is 1.71. The normalized spacial score (nSPS) is 10.3. The van der Waals surface area contributed by atoms with Crippen molar-refractivity contribution in [1.29, 1.82) is 0 Å². The van der Waals surface area contributed by atoms with E-state index in [9.17, 15) is 4.79 Å². The maximum atomic E-state index is 11.0. The third-order valence-corrected chi connectivity index (χ3v) is 2.69. The van der Waals surface area contributed by atoms with Gasteiger partial charge in [-0.1, -0.05) is 23.7 Å². The lowest BCUT2D eigenvalue weighted by Gasteiger charge is -2.07. The molecule has 17 heavy (non-hydrogen) atoms. The van der Waals surface area contributed by atoms with E-state index in [1.165, 1.54) is 4.68 Å². The highest BCUT2D eigenvalue weighted by molar-refractivity contribution is 6.32. The number of aromatic nitrogens is 2. The minimum Gasteiger partial charge on any atom is -0.437 e. The number of hydrogen-bond donors (Lipinski definition) is 0. The molecule has 2 rings (SSSR count). The first-order valence-electron chi connectivity index (χ1n) is 5.04. The molecule has 1 heterocycles. The number of aryl methyl sites for hydroxylation is 2. The second-order valence-electron chi connectivity index (χ2n) is 3.58. The number of ether oxygens (including phenoxy) is 1. The number of carbonyl (C=O) groups excluding carboxylic acids is 1. The molecule has 0 aliphatic carbocycles. The fraction of sp³-hybridized carbons (Fsp3) is 0.167. The largest absolute Gasteiger partial charge is 0.437 e. The quantitative estimate of drug-likeness (QED) is 0.787. The Labute approximate surface area is 104 Å². The summed E-state index contributed by atoms with van der Waals surface area (Å²) >= 11 is 5.99. The summed E-state index contributed by atoms with van der Waals surface area (Å²) in [5.74, 6) is 0.894. The molecule has 0 atom stereocenters. The molecule has 0 N–H and O–H groups in total. The molecule has 0 spiro atoms. The molecule has 1 aromatic heterocycles. The summed E-state index contributed by atoms with van der Waals surface area (Å²) in [4.78, 5) is 11.0. The third-order valence-electron chi connectivity index (χ3n) is 2.38. The van der Waals surface area contributed by atoms with Crippen molar-refractivity contribution in [3.63, 3.8) is 0 Å². The molecule has 0 aliphatic rings. The third kappa shape index (κ3) is 2.17. The van der Waals surface area contributed by atoms with E-state index in [0.29, 0.717) is 27.9 Å². The van der Waals surface area contributed by atoms with Crippen molar-refractivity contribution < 1.29 is 9.53 Å². The standard InChI is InChI=1S/C12H11ClN2O2/c1-8-9(7-16)12(15(2)14-8)17-11-6-4-3-5-10(11)13/h3-7H,1-2H3. The Balaban J connectivity index is 2.43. The molecule has 1 aromatic carbocycles. The van der Waals surface area contributed by atoms with E-state index in [-0.39, 0.29) is 0 Å². The zero-order valence-corrected chi connectivity index (χ0v) is 10.2. The van der Waals surface area contributed by atoms with Crippen LogP contribution in [0.4, 0.5) is 0 Å². The molecular weight excluding hydrogens is 240 g/mol. The van der Waals surface area contributed by atoms with Crippen LogP contribution in [-0.2, 0) is 7.05 Å². The van der Waals surface area contributed by atoms with Crippen molar-refractivity contribution >= 4 is 17.9 Å². The lowest BCUT2D eigenvalue weighted by Crippen LogP contribution is -1.97. The monoisotopic (exact) mass is 250 g/mol. The highest BCUT2D eigenvalue weighted by Gasteiger charge is 2.15. The summed E-state index contributed by atoms with van der Waals surface area (Å²) < 4.78 is 7.14. The van der Waals surface area contributed by atoms with Gasteiger partial charge in [-0.15, -0.1) is 0 Å². The van der Waals surface area contributed by atoms with E-state index in [0.717, 1.165) is 6.29 Å². The van der Waals surface area contributed by atoms with Crippen molar-refractivity contribution in [2.24, 2.45) is 7.05 Å². The van der Waals surface area contributed by atoms with Crippen LogP contribution in [0.5, 0.6) is 11.6 Å². The predicted octanol–water partition coefficient (Wildman–Crippen LogP) is 2.99. The van der Waals surface area contributed by atoms with Gasteiger partial charge in [0.2, 0.25) is 5.88 Å². The van der Waals surface area contributed by atoms with Crippen LogP contribution in [0.25, 0.3) is 0 Å². The average molecular weight is 251 g/mol.